The largest absolute Gasteiger partial charge is 0.465 e. The van der Waals surface area contributed by atoms with Crippen molar-refractivity contribution >= 4 is 29.0 Å². The first kappa shape index (κ1) is 13.1. The maximum Gasteiger partial charge on any atom is 0.337 e. The number of H-pyrrole nitrogens is 1. The molecule has 1 N–H and O–H groups in total. The van der Waals surface area contributed by atoms with Crippen molar-refractivity contribution in [1.29, 1.82) is 0 Å². The second-order valence-electron chi connectivity index (χ2n) is 4.62. The molecule has 0 aliphatic rings. The second kappa shape index (κ2) is 5.63. The summed E-state index contributed by atoms with van der Waals surface area (Å²) in [5, 5.41) is 1.06. The van der Waals surface area contributed by atoms with Crippen LogP contribution < -0.4 is 0 Å². The number of carbonyl (C=O) groups excluding carboxylic acids is 1. The molecule has 0 fully saturated rings. The van der Waals surface area contributed by atoms with E-state index in [2.05, 4.69) is 9.97 Å². The minimum absolute atomic E-state index is 0.334. The highest BCUT2D eigenvalue weighted by Crippen LogP contribution is 2.22. The molecule has 0 saturated heterocycles. The van der Waals surface area contributed by atoms with Gasteiger partial charge < -0.3 is 9.72 Å². The van der Waals surface area contributed by atoms with Crippen molar-refractivity contribution in [3.8, 4) is 0 Å². The van der Waals surface area contributed by atoms with Crippen LogP contribution in [0.1, 0.15) is 21.5 Å². The molecule has 3 rings (SSSR count). The van der Waals surface area contributed by atoms with Crippen LogP contribution in [-0.4, -0.2) is 23.0 Å². The standard InChI is InChI=1S/C17H14N2O2/c1-21-17(20)13-6-7-15-14(11-19-16(15)9-13)5-4-12-3-2-8-18-10-12/h2-11,19H,1H3/b5-4+. The predicted octanol–water partition coefficient (Wildman–Crippen LogP) is 3.52. The third-order valence-electron chi connectivity index (χ3n) is 3.27. The lowest BCUT2D eigenvalue weighted by atomic mass is 10.1. The van der Waals surface area contributed by atoms with Gasteiger partial charge in [-0.25, -0.2) is 4.79 Å². The monoisotopic (exact) mass is 278 g/mol. The van der Waals surface area contributed by atoms with E-state index >= 15 is 0 Å². The van der Waals surface area contributed by atoms with Gasteiger partial charge in [0.1, 0.15) is 0 Å². The average molecular weight is 278 g/mol. The van der Waals surface area contributed by atoms with E-state index in [0.29, 0.717) is 5.56 Å². The molecule has 104 valence electrons. The molecule has 3 aromatic rings. The summed E-state index contributed by atoms with van der Waals surface area (Å²) in [6.45, 7) is 0. The Bertz CT molecular complexity index is 804. The van der Waals surface area contributed by atoms with Gasteiger partial charge in [0.2, 0.25) is 0 Å². The molecule has 0 aliphatic heterocycles. The van der Waals surface area contributed by atoms with Gasteiger partial charge in [-0.1, -0.05) is 24.3 Å². The van der Waals surface area contributed by atoms with Crippen LogP contribution in [0, 0.1) is 0 Å². The zero-order valence-electron chi connectivity index (χ0n) is 11.5. The van der Waals surface area contributed by atoms with E-state index in [4.69, 9.17) is 4.74 Å². The molecule has 4 nitrogen and oxygen atoms in total. The fourth-order valence-corrected chi connectivity index (χ4v) is 2.19. The summed E-state index contributed by atoms with van der Waals surface area (Å²) in [4.78, 5) is 18.8. The highest BCUT2D eigenvalue weighted by molar-refractivity contribution is 5.97. The Hall–Kier alpha value is -2.88. The Morgan fingerprint density at radius 2 is 2.19 bits per heavy atom. The van der Waals surface area contributed by atoms with Crippen LogP contribution >= 0.6 is 0 Å². The second-order valence-corrected chi connectivity index (χ2v) is 4.62. The molecular formula is C17H14N2O2. The Kier molecular flexibility index (Phi) is 3.51. The van der Waals surface area contributed by atoms with Gasteiger partial charge in [0.05, 0.1) is 12.7 Å². The third-order valence-corrected chi connectivity index (χ3v) is 3.27. The molecule has 1 aromatic carbocycles. The minimum Gasteiger partial charge on any atom is -0.465 e. The predicted molar refractivity (Wildman–Crippen MR) is 82.8 cm³/mol. The maximum absolute atomic E-state index is 11.5. The van der Waals surface area contributed by atoms with E-state index in [1.165, 1.54) is 7.11 Å². The molecular weight excluding hydrogens is 264 g/mol. The van der Waals surface area contributed by atoms with E-state index in [-0.39, 0.29) is 5.97 Å². The fourth-order valence-electron chi connectivity index (χ4n) is 2.19. The zero-order chi connectivity index (χ0) is 14.7. The summed E-state index contributed by atoms with van der Waals surface area (Å²) < 4.78 is 4.72. The lowest BCUT2D eigenvalue weighted by Gasteiger charge is -1.99. The Morgan fingerprint density at radius 1 is 1.29 bits per heavy atom. The molecule has 0 saturated carbocycles. The van der Waals surface area contributed by atoms with Crippen LogP contribution in [0.15, 0.2) is 48.9 Å². The number of esters is 1. The number of nitrogens with zero attached hydrogens (tertiary/aromatic N) is 1. The summed E-state index contributed by atoms with van der Waals surface area (Å²) in [5.74, 6) is -0.334. The SMILES string of the molecule is COC(=O)c1ccc2c(/C=C/c3cccnc3)c[nH]c2c1. The normalized spacial score (nSPS) is 11.1. The maximum atomic E-state index is 11.5. The molecule has 0 amide bonds. The first-order valence-corrected chi connectivity index (χ1v) is 6.55. The van der Waals surface area contributed by atoms with E-state index < -0.39 is 0 Å². The van der Waals surface area contributed by atoms with Gasteiger partial charge in [-0.15, -0.1) is 0 Å². The number of hydrogen-bond donors (Lipinski definition) is 1. The Balaban J connectivity index is 1.94. The number of ether oxygens (including phenoxy) is 1. The van der Waals surface area contributed by atoms with Gasteiger partial charge in [-0.05, 0) is 29.3 Å². The van der Waals surface area contributed by atoms with Crippen molar-refractivity contribution in [2.75, 3.05) is 7.11 Å². The molecule has 0 aliphatic carbocycles. The van der Waals surface area contributed by atoms with E-state index in [1.54, 1.807) is 24.5 Å². The van der Waals surface area contributed by atoms with Crippen LogP contribution in [0.4, 0.5) is 0 Å². The summed E-state index contributed by atoms with van der Waals surface area (Å²) >= 11 is 0. The lowest BCUT2D eigenvalue weighted by molar-refractivity contribution is 0.0601. The number of benzene rings is 1. The van der Waals surface area contributed by atoms with Gasteiger partial charge in [0, 0.05) is 29.5 Å². The molecule has 2 aromatic heterocycles. The molecule has 0 unspecified atom stereocenters. The number of hydrogen-bond acceptors (Lipinski definition) is 3. The van der Waals surface area contributed by atoms with Crippen LogP contribution in [0.25, 0.3) is 23.1 Å². The quantitative estimate of drug-likeness (QED) is 0.746. The number of methoxy groups -OCH3 is 1. The molecule has 2 heterocycles. The fraction of sp³-hybridized carbons (Fsp3) is 0.0588. The summed E-state index contributed by atoms with van der Waals surface area (Å²) in [6.07, 6.45) is 9.49. The summed E-state index contributed by atoms with van der Waals surface area (Å²) in [7, 11) is 1.38. The van der Waals surface area contributed by atoms with Crippen LogP contribution in [0.3, 0.4) is 0 Å². The smallest absolute Gasteiger partial charge is 0.337 e. The number of pyridine rings is 1. The molecule has 0 radical (unpaired) electrons. The zero-order valence-corrected chi connectivity index (χ0v) is 11.5. The molecule has 0 atom stereocenters. The van der Waals surface area contributed by atoms with Crippen molar-refractivity contribution in [1.82, 2.24) is 9.97 Å². The number of fused-ring (bicyclic) bond motifs is 1. The van der Waals surface area contributed by atoms with Crippen molar-refractivity contribution < 1.29 is 9.53 Å². The molecule has 4 heteroatoms. The molecule has 0 spiro atoms. The highest BCUT2D eigenvalue weighted by atomic mass is 16.5. The van der Waals surface area contributed by atoms with E-state index in [0.717, 1.165) is 22.0 Å². The number of rotatable bonds is 3. The topological polar surface area (TPSA) is 55.0 Å². The van der Waals surface area contributed by atoms with Gasteiger partial charge in [-0.3, -0.25) is 4.98 Å². The van der Waals surface area contributed by atoms with Gasteiger partial charge in [0.25, 0.3) is 0 Å². The van der Waals surface area contributed by atoms with Gasteiger partial charge in [-0.2, -0.15) is 0 Å². The van der Waals surface area contributed by atoms with Gasteiger partial charge >= 0.3 is 5.97 Å². The average Bonchev–Trinajstić information content (AvgIpc) is 2.95. The number of carbonyl (C=O) groups is 1. The van der Waals surface area contributed by atoms with Crippen molar-refractivity contribution in [3.05, 3.63) is 65.6 Å². The lowest BCUT2D eigenvalue weighted by Crippen LogP contribution is -2.00. The Morgan fingerprint density at radius 3 is 2.95 bits per heavy atom. The Labute approximate surface area is 122 Å². The number of nitrogens with one attached hydrogen (secondary N) is 1. The van der Waals surface area contributed by atoms with Crippen molar-refractivity contribution in [3.63, 3.8) is 0 Å². The molecule has 21 heavy (non-hydrogen) atoms. The van der Waals surface area contributed by atoms with E-state index in [1.807, 2.05) is 36.5 Å². The van der Waals surface area contributed by atoms with Crippen molar-refractivity contribution in [2.45, 2.75) is 0 Å². The first-order valence-electron chi connectivity index (χ1n) is 6.55. The van der Waals surface area contributed by atoms with Crippen LogP contribution in [0.5, 0.6) is 0 Å². The minimum atomic E-state index is -0.334. The van der Waals surface area contributed by atoms with Crippen LogP contribution in [-0.2, 0) is 4.74 Å². The van der Waals surface area contributed by atoms with Gasteiger partial charge in [0.15, 0.2) is 0 Å². The third kappa shape index (κ3) is 2.69. The highest BCUT2D eigenvalue weighted by Gasteiger charge is 2.08. The van der Waals surface area contributed by atoms with Crippen LogP contribution in [0.2, 0.25) is 0 Å². The molecule has 0 bridgehead atoms. The first-order chi connectivity index (χ1) is 10.3. The number of aromatic amines is 1. The number of aromatic nitrogens is 2. The summed E-state index contributed by atoms with van der Waals surface area (Å²) in [6, 6.07) is 9.37. The van der Waals surface area contributed by atoms with E-state index in [9.17, 15) is 4.79 Å². The summed E-state index contributed by atoms with van der Waals surface area (Å²) in [5.41, 5.74) is 3.54. The van der Waals surface area contributed by atoms with Crippen molar-refractivity contribution in [2.24, 2.45) is 0 Å².